The Morgan fingerprint density at radius 3 is 2.40 bits per heavy atom. The summed E-state index contributed by atoms with van der Waals surface area (Å²) in [6.45, 7) is 4.05. The van der Waals surface area contributed by atoms with Gasteiger partial charge in [0.2, 0.25) is 0 Å². The fourth-order valence-electron chi connectivity index (χ4n) is 2.07. The van der Waals surface area contributed by atoms with Crippen LogP contribution in [0.1, 0.15) is 27.0 Å². The first-order chi connectivity index (χ1) is 9.60. The molecule has 2 aromatic carbocycles. The molecular formula is C17H19NOS. The lowest BCUT2D eigenvalue weighted by Crippen LogP contribution is -2.12. The Balaban J connectivity index is 2.11. The molecule has 0 aliphatic heterocycles. The Kier molecular flexibility index (Phi) is 4.85. The third-order valence-corrected chi connectivity index (χ3v) is 3.78. The molecule has 2 nitrogen and oxygen atoms in total. The second-order valence-corrected chi connectivity index (χ2v) is 5.77. The van der Waals surface area contributed by atoms with E-state index in [0.29, 0.717) is 5.56 Å². The lowest BCUT2D eigenvalue weighted by Gasteiger charge is -2.09. The lowest BCUT2D eigenvalue weighted by atomic mass is 10.1. The Bertz CT molecular complexity index is 605. The summed E-state index contributed by atoms with van der Waals surface area (Å²) in [7, 11) is 0. The van der Waals surface area contributed by atoms with Gasteiger partial charge in [-0.15, -0.1) is 0 Å². The smallest absolute Gasteiger partial charge is 0.255 e. The molecular weight excluding hydrogens is 266 g/mol. The molecule has 3 heteroatoms. The maximum absolute atomic E-state index is 12.2. The average molecular weight is 285 g/mol. The van der Waals surface area contributed by atoms with Crippen LogP contribution in [0.15, 0.2) is 42.5 Å². The number of hydrogen-bond donors (Lipinski definition) is 1. The molecule has 2 rings (SSSR count). The van der Waals surface area contributed by atoms with Crippen molar-refractivity contribution in [3.8, 4) is 0 Å². The SMILES string of the molecule is CSCc1ccc(C(=O)Nc2ccc(C)cc2C)cc1. The van der Waals surface area contributed by atoms with Crippen molar-refractivity contribution in [3.05, 3.63) is 64.7 Å². The molecule has 104 valence electrons. The Labute approximate surface area is 124 Å². The summed E-state index contributed by atoms with van der Waals surface area (Å²) in [6, 6.07) is 13.8. The number of nitrogens with one attached hydrogen (secondary N) is 1. The number of hydrogen-bond acceptors (Lipinski definition) is 2. The number of benzene rings is 2. The fraction of sp³-hybridized carbons (Fsp3) is 0.235. The van der Waals surface area contributed by atoms with Crippen LogP contribution in [0.25, 0.3) is 0 Å². The highest BCUT2D eigenvalue weighted by Crippen LogP contribution is 2.17. The summed E-state index contributed by atoms with van der Waals surface area (Å²) < 4.78 is 0. The zero-order valence-electron chi connectivity index (χ0n) is 12.1. The minimum atomic E-state index is -0.0624. The van der Waals surface area contributed by atoms with Crippen molar-refractivity contribution in [1.82, 2.24) is 0 Å². The Hall–Kier alpha value is -1.74. The highest BCUT2D eigenvalue weighted by Gasteiger charge is 2.07. The van der Waals surface area contributed by atoms with Crippen LogP contribution in [-0.4, -0.2) is 12.2 Å². The van der Waals surface area contributed by atoms with E-state index in [-0.39, 0.29) is 5.91 Å². The molecule has 0 spiro atoms. The molecule has 0 radical (unpaired) electrons. The number of thioether (sulfide) groups is 1. The van der Waals surface area contributed by atoms with Gasteiger partial charge >= 0.3 is 0 Å². The second-order valence-electron chi connectivity index (χ2n) is 4.90. The molecule has 20 heavy (non-hydrogen) atoms. The third-order valence-electron chi connectivity index (χ3n) is 3.16. The van der Waals surface area contributed by atoms with Crippen LogP contribution in [-0.2, 0) is 5.75 Å². The van der Waals surface area contributed by atoms with Gasteiger partial charge in [0.15, 0.2) is 0 Å². The number of carbonyl (C=O) groups excluding carboxylic acids is 1. The van der Waals surface area contributed by atoms with E-state index in [9.17, 15) is 4.79 Å². The van der Waals surface area contributed by atoms with E-state index in [1.54, 1.807) is 11.8 Å². The van der Waals surface area contributed by atoms with E-state index < -0.39 is 0 Å². The number of carbonyl (C=O) groups is 1. The third kappa shape index (κ3) is 3.64. The molecule has 0 saturated heterocycles. The molecule has 1 amide bonds. The largest absolute Gasteiger partial charge is 0.322 e. The van der Waals surface area contributed by atoms with Crippen LogP contribution in [0.4, 0.5) is 5.69 Å². The predicted octanol–water partition coefficient (Wildman–Crippen LogP) is 4.42. The lowest BCUT2D eigenvalue weighted by molar-refractivity contribution is 0.102. The van der Waals surface area contributed by atoms with Crippen LogP contribution in [0.5, 0.6) is 0 Å². The molecule has 0 unspecified atom stereocenters. The van der Waals surface area contributed by atoms with Crippen molar-refractivity contribution in [2.24, 2.45) is 0 Å². The molecule has 0 heterocycles. The number of anilines is 1. The van der Waals surface area contributed by atoms with E-state index in [4.69, 9.17) is 0 Å². The molecule has 0 saturated carbocycles. The summed E-state index contributed by atoms with van der Waals surface area (Å²) in [5, 5.41) is 2.96. The highest BCUT2D eigenvalue weighted by molar-refractivity contribution is 7.97. The van der Waals surface area contributed by atoms with Crippen molar-refractivity contribution in [3.63, 3.8) is 0 Å². The molecule has 0 aliphatic carbocycles. The predicted molar refractivity (Wildman–Crippen MR) is 87.5 cm³/mol. The molecule has 0 bridgehead atoms. The number of aryl methyl sites for hydroxylation is 2. The van der Waals surface area contributed by atoms with Gasteiger partial charge in [0.1, 0.15) is 0 Å². The first-order valence-corrected chi connectivity index (χ1v) is 7.96. The Morgan fingerprint density at radius 1 is 1.10 bits per heavy atom. The maximum atomic E-state index is 12.2. The normalized spacial score (nSPS) is 10.3. The molecule has 0 aromatic heterocycles. The zero-order chi connectivity index (χ0) is 14.5. The van der Waals surface area contributed by atoms with Crippen molar-refractivity contribution in [2.75, 3.05) is 11.6 Å². The summed E-state index contributed by atoms with van der Waals surface area (Å²) in [5.74, 6) is 0.909. The average Bonchev–Trinajstić information content (AvgIpc) is 2.43. The van der Waals surface area contributed by atoms with Gasteiger partial charge in [0, 0.05) is 17.0 Å². The first kappa shape index (κ1) is 14.7. The van der Waals surface area contributed by atoms with E-state index in [1.807, 2.05) is 50.2 Å². The van der Waals surface area contributed by atoms with Crippen LogP contribution in [0.3, 0.4) is 0 Å². The summed E-state index contributed by atoms with van der Waals surface area (Å²) in [4.78, 5) is 12.2. The maximum Gasteiger partial charge on any atom is 0.255 e. The molecule has 0 aliphatic rings. The standard InChI is InChI=1S/C17H19NOS/c1-12-4-9-16(13(2)10-12)18-17(19)15-7-5-14(6-8-15)11-20-3/h4-10H,11H2,1-3H3,(H,18,19). The van der Waals surface area contributed by atoms with Gasteiger partial charge in [-0.25, -0.2) is 0 Å². The molecule has 0 atom stereocenters. The van der Waals surface area contributed by atoms with E-state index in [2.05, 4.69) is 17.6 Å². The van der Waals surface area contributed by atoms with Crippen molar-refractivity contribution >= 4 is 23.4 Å². The quantitative estimate of drug-likeness (QED) is 0.901. The second kappa shape index (κ2) is 6.62. The molecule has 0 fully saturated rings. The first-order valence-electron chi connectivity index (χ1n) is 6.56. The summed E-state index contributed by atoms with van der Waals surface area (Å²) in [6.07, 6.45) is 2.07. The van der Waals surface area contributed by atoms with Crippen molar-refractivity contribution < 1.29 is 4.79 Å². The van der Waals surface area contributed by atoms with Gasteiger partial charge < -0.3 is 5.32 Å². The highest BCUT2D eigenvalue weighted by atomic mass is 32.2. The summed E-state index contributed by atoms with van der Waals surface area (Å²) in [5.41, 5.74) is 5.07. The van der Waals surface area contributed by atoms with E-state index >= 15 is 0 Å². The Morgan fingerprint density at radius 2 is 1.80 bits per heavy atom. The fourth-order valence-corrected chi connectivity index (χ4v) is 2.59. The van der Waals surface area contributed by atoms with Crippen LogP contribution >= 0.6 is 11.8 Å². The minimum Gasteiger partial charge on any atom is -0.322 e. The van der Waals surface area contributed by atoms with Crippen molar-refractivity contribution in [2.45, 2.75) is 19.6 Å². The van der Waals surface area contributed by atoms with Gasteiger partial charge in [0.25, 0.3) is 5.91 Å². The minimum absolute atomic E-state index is 0.0624. The molecule has 2 aromatic rings. The topological polar surface area (TPSA) is 29.1 Å². The van der Waals surface area contributed by atoms with E-state index in [0.717, 1.165) is 17.0 Å². The van der Waals surface area contributed by atoms with Crippen LogP contribution in [0, 0.1) is 13.8 Å². The van der Waals surface area contributed by atoms with E-state index in [1.165, 1.54) is 11.1 Å². The number of amides is 1. The van der Waals surface area contributed by atoms with Gasteiger partial charge in [-0.2, -0.15) is 11.8 Å². The van der Waals surface area contributed by atoms with Crippen LogP contribution in [0.2, 0.25) is 0 Å². The van der Waals surface area contributed by atoms with Gasteiger partial charge in [0.05, 0.1) is 0 Å². The van der Waals surface area contributed by atoms with Crippen LogP contribution < -0.4 is 5.32 Å². The summed E-state index contributed by atoms with van der Waals surface area (Å²) >= 11 is 1.77. The van der Waals surface area contributed by atoms with Gasteiger partial charge in [-0.1, -0.05) is 29.8 Å². The number of rotatable bonds is 4. The molecule has 1 N–H and O–H groups in total. The van der Waals surface area contributed by atoms with Crippen molar-refractivity contribution in [1.29, 1.82) is 0 Å². The van der Waals surface area contributed by atoms with Gasteiger partial charge in [-0.05, 0) is 49.4 Å². The zero-order valence-corrected chi connectivity index (χ0v) is 12.9. The monoisotopic (exact) mass is 285 g/mol. The van der Waals surface area contributed by atoms with Gasteiger partial charge in [-0.3, -0.25) is 4.79 Å².